The Balaban J connectivity index is 1.96. The first-order chi connectivity index (χ1) is 7.74. The summed E-state index contributed by atoms with van der Waals surface area (Å²) in [7, 11) is 0. The summed E-state index contributed by atoms with van der Waals surface area (Å²) in [5.74, 6) is 6.35. The average molecular weight is 212 g/mol. The molecule has 0 bridgehead atoms. The van der Waals surface area contributed by atoms with Crippen LogP contribution in [0, 0.1) is 11.8 Å². The van der Waals surface area contributed by atoms with E-state index in [0.717, 1.165) is 18.4 Å². The van der Waals surface area contributed by atoms with Crippen molar-refractivity contribution in [3.05, 3.63) is 48.6 Å². The van der Waals surface area contributed by atoms with E-state index < -0.39 is 0 Å². The topological polar surface area (TPSA) is 12.5 Å². The number of hydrogen-bond acceptors (Lipinski definition) is 1. The minimum absolute atomic E-state index is 0.237. The van der Waals surface area contributed by atoms with Crippen molar-refractivity contribution in [1.82, 2.24) is 0 Å². The van der Waals surface area contributed by atoms with Gasteiger partial charge >= 0.3 is 0 Å². The molecule has 0 spiro atoms. The third kappa shape index (κ3) is 2.53. The van der Waals surface area contributed by atoms with E-state index in [-0.39, 0.29) is 11.7 Å². The van der Waals surface area contributed by atoms with E-state index in [2.05, 4.69) is 25.3 Å². The van der Waals surface area contributed by atoms with Crippen LogP contribution < -0.4 is 0 Å². The van der Waals surface area contributed by atoms with E-state index in [1.165, 1.54) is 0 Å². The first kappa shape index (κ1) is 11.0. The van der Waals surface area contributed by atoms with Crippen molar-refractivity contribution in [1.29, 1.82) is 0 Å². The summed E-state index contributed by atoms with van der Waals surface area (Å²) in [6, 6.07) is 10.0. The van der Waals surface area contributed by atoms with Crippen LogP contribution in [0.4, 0.5) is 0 Å². The van der Waals surface area contributed by atoms with Gasteiger partial charge in [0.25, 0.3) is 0 Å². The number of epoxide rings is 1. The van der Waals surface area contributed by atoms with Gasteiger partial charge in [-0.3, -0.25) is 0 Å². The van der Waals surface area contributed by atoms with Gasteiger partial charge in [0.15, 0.2) is 5.60 Å². The van der Waals surface area contributed by atoms with Crippen LogP contribution in [0.5, 0.6) is 0 Å². The van der Waals surface area contributed by atoms with Crippen LogP contribution in [-0.2, 0) is 4.74 Å². The lowest BCUT2D eigenvalue weighted by molar-refractivity contribution is 0.343. The minimum Gasteiger partial charge on any atom is -0.353 e. The highest BCUT2D eigenvalue weighted by Crippen LogP contribution is 2.38. The number of benzene rings is 1. The zero-order chi connectivity index (χ0) is 11.4. The largest absolute Gasteiger partial charge is 0.353 e. The second kappa shape index (κ2) is 4.55. The van der Waals surface area contributed by atoms with Gasteiger partial charge in [-0.2, -0.15) is 0 Å². The first-order valence-corrected chi connectivity index (χ1v) is 5.61. The first-order valence-electron chi connectivity index (χ1n) is 5.61. The van der Waals surface area contributed by atoms with Gasteiger partial charge in [-0.15, -0.1) is 6.58 Å². The lowest BCUT2D eigenvalue weighted by Crippen LogP contribution is -2.05. The molecule has 1 aliphatic rings. The molecule has 0 amide bonds. The smallest absolute Gasteiger partial charge is 0.152 e. The fourth-order valence-electron chi connectivity index (χ4n) is 1.69. The van der Waals surface area contributed by atoms with Crippen molar-refractivity contribution in [3.63, 3.8) is 0 Å². The van der Waals surface area contributed by atoms with Crippen molar-refractivity contribution in [2.45, 2.75) is 31.5 Å². The number of ether oxygens (including phenoxy) is 1. The van der Waals surface area contributed by atoms with Crippen molar-refractivity contribution >= 4 is 0 Å². The third-order valence-corrected chi connectivity index (χ3v) is 2.81. The molecule has 1 heteroatoms. The summed E-state index contributed by atoms with van der Waals surface area (Å²) >= 11 is 0. The molecule has 0 aliphatic carbocycles. The fraction of sp³-hybridized carbons (Fsp3) is 0.333. The number of hydrogen-bond donors (Lipinski definition) is 0. The highest BCUT2D eigenvalue weighted by atomic mass is 16.6. The molecular formula is C15H16O. The van der Waals surface area contributed by atoms with Gasteiger partial charge in [0, 0.05) is 5.56 Å². The van der Waals surface area contributed by atoms with Gasteiger partial charge in [0.1, 0.15) is 0 Å². The second-order valence-corrected chi connectivity index (χ2v) is 4.20. The van der Waals surface area contributed by atoms with E-state index in [9.17, 15) is 0 Å². The molecule has 1 nitrogen and oxygen atoms in total. The standard InChI is InChI=1S/C15H16O/c1-3-4-10-14-15(2,16-14)12-11-13-8-6-5-7-9-13/h3,5-9,14H,1,4,10H2,2H3/t14-,15+/m0/s1. The molecule has 2 rings (SSSR count). The molecule has 0 aromatic heterocycles. The minimum atomic E-state index is -0.237. The summed E-state index contributed by atoms with van der Waals surface area (Å²) in [4.78, 5) is 0. The summed E-state index contributed by atoms with van der Waals surface area (Å²) in [5, 5.41) is 0. The Morgan fingerprint density at radius 2 is 2.19 bits per heavy atom. The zero-order valence-corrected chi connectivity index (χ0v) is 9.57. The van der Waals surface area contributed by atoms with E-state index in [1.807, 2.05) is 36.4 Å². The van der Waals surface area contributed by atoms with E-state index >= 15 is 0 Å². The monoisotopic (exact) mass is 212 g/mol. The summed E-state index contributed by atoms with van der Waals surface area (Å²) in [6.07, 6.45) is 4.21. The lowest BCUT2D eigenvalue weighted by Gasteiger charge is -1.94. The van der Waals surface area contributed by atoms with Crippen molar-refractivity contribution < 1.29 is 4.74 Å². The lowest BCUT2D eigenvalue weighted by atomic mass is 10.0. The van der Waals surface area contributed by atoms with Crippen LogP contribution in [0.3, 0.4) is 0 Å². The molecule has 1 aromatic rings. The molecule has 1 aliphatic heterocycles. The molecule has 1 fully saturated rings. The van der Waals surface area contributed by atoms with Crippen LogP contribution in [0.15, 0.2) is 43.0 Å². The van der Waals surface area contributed by atoms with E-state index in [1.54, 1.807) is 0 Å². The van der Waals surface area contributed by atoms with E-state index in [0.29, 0.717) is 0 Å². The molecule has 16 heavy (non-hydrogen) atoms. The van der Waals surface area contributed by atoms with Crippen LogP contribution in [-0.4, -0.2) is 11.7 Å². The Hall–Kier alpha value is -1.52. The van der Waals surface area contributed by atoms with Crippen molar-refractivity contribution in [3.8, 4) is 11.8 Å². The Labute approximate surface area is 97.1 Å². The van der Waals surface area contributed by atoms with Crippen LogP contribution in [0.25, 0.3) is 0 Å². The molecule has 2 atom stereocenters. The van der Waals surface area contributed by atoms with Gasteiger partial charge in [0.2, 0.25) is 0 Å². The summed E-state index contributed by atoms with van der Waals surface area (Å²) in [6.45, 7) is 5.76. The Morgan fingerprint density at radius 3 is 2.88 bits per heavy atom. The van der Waals surface area contributed by atoms with Gasteiger partial charge in [-0.05, 0) is 31.9 Å². The van der Waals surface area contributed by atoms with Crippen molar-refractivity contribution in [2.75, 3.05) is 0 Å². The number of rotatable bonds is 3. The van der Waals surface area contributed by atoms with Crippen LogP contribution in [0.1, 0.15) is 25.3 Å². The van der Waals surface area contributed by atoms with Gasteiger partial charge in [-0.25, -0.2) is 0 Å². The molecule has 0 unspecified atom stereocenters. The molecule has 1 heterocycles. The van der Waals surface area contributed by atoms with Gasteiger partial charge in [0.05, 0.1) is 6.10 Å². The Kier molecular flexibility index (Phi) is 3.12. The van der Waals surface area contributed by atoms with Crippen molar-refractivity contribution in [2.24, 2.45) is 0 Å². The average Bonchev–Trinajstić information content (AvgIpc) is 2.97. The predicted octanol–water partition coefficient (Wildman–Crippen LogP) is 3.16. The van der Waals surface area contributed by atoms with E-state index in [4.69, 9.17) is 4.74 Å². The highest BCUT2D eigenvalue weighted by Gasteiger charge is 2.50. The SMILES string of the molecule is C=CCC[C@@H]1O[C@]1(C)C#Cc1ccccc1. The summed E-state index contributed by atoms with van der Waals surface area (Å²) in [5.41, 5.74) is 0.806. The maximum atomic E-state index is 5.61. The quantitative estimate of drug-likeness (QED) is 0.426. The molecule has 0 radical (unpaired) electrons. The number of allylic oxidation sites excluding steroid dienone is 1. The fourth-order valence-corrected chi connectivity index (χ4v) is 1.69. The third-order valence-electron chi connectivity index (χ3n) is 2.81. The molecule has 0 N–H and O–H groups in total. The summed E-state index contributed by atoms with van der Waals surface area (Å²) < 4.78 is 5.61. The Bertz CT molecular complexity index is 424. The van der Waals surface area contributed by atoms with Crippen LogP contribution >= 0.6 is 0 Å². The zero-order valence-electron chi connectivity index (χ0n) is 9.57. The normalized spacial score (nSPS) is 26.7. The maximum Gasteiger partial charge on any atom is 0.152 e. The Morgan fingerprint density at radius 1 is 1.44 bits per heavy atom. The molecule has 1 saturated heterocycles. The maximum absolute atomic E-state index is 5.61. The van der Waals surface area contributed by atoms with Gasteiger partial charge < -0.3 is 4.74 Å². The van der Waals surface area contributed by atoms with Gasteiger partial charge in [-0.1, -0.05) is 36.1 Å². The highest BCUT2D eigenvalue weighted by molar-refractivity contribution is 5.38. The van der Waals surface area contributed by atoms with Crippen LogP contribution in [0.2, 0.25) is 0 Å². The molecule has 1 aromatic carbocycles. The predicted molar refractivity (Wildman–Crippen MR) is 66.0 cm³/mol. The molecular weight excluding hydrogens is 196 g/mol. The molecule has 0 saturated carbocycles. The second-order valence-electron chi connectivity index (χ2n) is 4.20. The molecule has 82 valence electrons.